The van der Waals surface area contributed by atoms with Crippen LogP contribution in [0.25, 0.3) is 0 Å². The standard InChI is InChI=1S/C21H25N/c1-20(2,3)22-19-14-15-21(16-19,17-10-6-4-7-11-17)18-12-8-5-9-13-18/h4-13,16,22H,14-15H2,1-3H3. The zero-order chi connectivity index (χ0) is 15.6. The summed E-state index contributed by atoms with van der Waals surface area (Å²) in [6.07, 6.45) is 4.67. The van der Waals surface area contributed by atoms with Gasteiger partial charge in [-0.25, -0.2) is 0 Å². The highest BCUT2D eigenvalue weighted by molar-refractivity contribution is 5.47. The van der Waals surface area contributed by atoms with Gasteiger partial charge in [0, 0.05) is 16.7 Å². The maximum atomic E-state index is 3.67. The zero-order valence-electron chi connectivity index (χ0n) is 13.8. The number of hydrogen-bond donors (Lipinski definition) is 1. The van der Waals surface area contributed by atoms with E-state index in [-0.39, 0.29) is 11.0 Å². The molecule has 0 spiro atoms. The Kier molecular flexibility index (Phi) is 3.82. The van der Waals surface area contributed by atoms with Crippen molar-refractivity contribution in [3.63, 3.8) is 0 Å². The van der Waals surface area contributed by atoms with Crippen LogP contribution in [-0.2, 0) is 5.41 Å². The molecule has 0 saturated heterocycles. The number of nitrogens with one attached hydrogen (secondary N) is 1. The molecule has 114 valence electrons. The lowest BCUT2D eigenvalue weighted by Gasteiger charge is -2.29. The lowest BCUT2D eigenvalue weighted by molar-refractivity contribution is 0.466. The molecule has 0 atom stereocenters. The lowest BCUT2D eigenvalue weighted by atomic mass is 9.74. The Morgan fingerprint density at radius 1 is 0.818 bits per heavy atom. The van der Waals surface area contributed by atoms with Crippen LogP contribution in [0.4, 0.5) is 0 Å². The summed E-state index contributed by atoms with van der Waals surface area (Å²) in [6.45, 7) is 6.66. The van der Waals surface area contributed by atoms with E-state index in [2.05, 4.69) is 92.8 Å². The van der Waals surface area contributed by atoms with Gasteiger partial charge in [-0.3, -0.25) is 0 Å². The van der Waals surface area contributed by atoms with E-state index in [4.69, 9.17) is 0 Å². The Morgan fingerprint density at radius 2 is 1.32 bits per heavy atom. The van der Waals surface area contributed by atoms with Crippen molar-refractivity contribution in [3.8, 4) is 0 Å². The van der Waals surface area contributed by atoms with E-state index in [1.54, 1.807) is 0 Å². The molecule has 0 amide bonds. The molecule has 0 aromatic heterocycles. The highest BCUT2D eigenvalue weighted by Gasteiger charge is 2.37. The third kappa shape index (κ3) is 2.94. The second kappa shape index (κ2) is 5.64. The molecule has 1 heteroatoms. The molecule has 1 aliphatic carbocycles. The first kappa shape index (κ1) is 14.9. The molecule has 2 aromatic rings. The first-order valence-electron chi connectivity index (χ1n) is 8.11. The van der Waals surface area contributed by atoms with E-state index in [9.17, 15) is 0 Å². The van der Waals surface area contributed by atoms with E-state index >= 15 is 0 Å². The van der Waals surface area contributed by atoms with Crippen LogP contribution >= 0.6 is 0 Å². The summed E-state index contributed by atoms with van der Waals surface area (Å²) in [5.41, 5.74) is 4.23. The number of benzene rings is 2. The fourth-order valence-corrected chi connectivity index (χ4v) is 3.45. The molecule has 22 heavy (non-hydrogen) atoms. The third-order valence-corrected chi connectivity index (χ3v) is 4.32. The van der Waals surface area contributed by atoms with Gasteiger partial charge in [0.25, 0.3) is 0 Å². The Morgan fingerprint density at radius 3 is 1.77 bits per heavy atom. The Labute approximate surface area is 134 Å². The maximum absolute atomic E-state index is 3.67. The van der Waals surface area contributed by atoms with Crippen LogP contribution in [0.15, 0.2) is 72.4 Å². The minimum absolute atomic E-state index is 0.00387. The average Bonchev–Trinajstić information content (AvgIpc) is 2.92. The van der Waals surface area contributed by atoms with Gasteiger partial charge in [-0.2, -0.15) is 0 Å². The van der Waals surface area contributed by atoms with Gasteiger partial charge in [-0.1, -0.05) is 66.7 Å². The molecule has 0 aliphatic heterocycles. The molecule has 0 unspecified atom stereocenters. The fraction of sp³-hybridized carbons (Fsp3) is 0.333. The number of hydrogen-bond acceptors (Lipinski definition) is 1. The van der Waals surface area contributed by atoms with Crippen LogP contribution in [0, 0.1) is 0 Å². The fourth-order valence-electron chi connectivity index (χ4n) is 3.45. The van der Waals surface area contributed by atoms with Crippen LogP contribution < -0.4 is 5.32 Å². The van der Waals surface area contributed by atoms with E-state index in [1.807, 2.05) is 0 Å². The number of allylic oxidation sites excluding steroid dienone is 2. The van der Waals surface area contributed by atoms with Crippen molar-refractivity contribution in [1.82, 2.24) is 5.32 Å². The van der Waals surface area contributed by atoms with Crippen molar-refractivity contribution in [3.05, 3.63) is 83.6 Å². The quantitative estimate of drug-likeness (QED) is 0.835. The van der Waals surface area contributed by atoms with Crippen molar-refractivity contribution >= 4 is 0 Å². The minimum atomic E-state index is -0.00387. The molecule has 0 heterocycles. The summed E-state index contributed by atoms with van der Waals surface area (Å²) >= 11 is 0. The normalized spacial score (nSPS) is 17.1. The van der Waals surface area contributed by atoms with Crippen molar-refractivity contribution in [2.75, 3.05) is 0 Å². The lowest BCUT2D eigenvalue weighted by Crippen LogP contribution is -2.34. The average molecular weight is 291 g/mol. The van der Waals surface area contributed by atoms with Gasteiger partial charge in [-0.15, -0.1) is 0 Å². The Hall–Kier alpha value is -2.02. The van der Waals surface area contributed by atoms with Gasteiger partial charge in [-0.05, 0) is 44.7 Å². The molecule has 2 aromatic carbocycles. The molecular formula is C21H25N. The first-order chi connectivity index (χ1) is 10.5. The summed E-state index contributed by atoms with van der Waals surface area (Å²) in [7, 11) is 0. The zero-order valence-corrected chi connectivity index (χ0v) is 13.8. The van der Waals surface area contributed by atoms with Gasteiger partial charge in [0.15, 0.2) is 0 Å². The first-order valence-corrected chi connectivity index (χ1v) is 8.11. The molecule has 0 fully saturated rings. The Bertz CT molecular complexity index is 608. The van der Waals surface area contributed by atoms with Crippen molar-refractivity contribution in [1.29, 1.82) is 0 Å². The molecule has 1 nitrogen and oxygen atoms in total. The topological polar surface area (TPSA) is 12.0 Å². The SMILES string of the molecule is CC(C)(C)NC1=CC(c2ccccc2)(c2ccccc2)CC1. The summed E-state index contributed by atoms with van der Waals surface area (Å²) < 4.78 is 0. The van der Waals surface area contributed by atoms with Crippen LogP contribution in [0.2, 0.25) is 0 Å². The summed E-state index contributed by atoms with van der Waals surface area (Å²) in [4.78, 5) is 0. The summed E-state index contributed by atoms with van der Waals surface area (Å²) in [5, 5.41) is 3.67. The molecule has 0 bridgehead atoms. The predicted octanol–water partition coefficient (Wildman–Crippen LogP) is 5.04. The molecule has 1 N–H and O–H groups in total. The minimum Gasteiger partial charge on any atom is -0.384 e. The Balaban J connectivity index is 2.07. The van der Waals surface area contributed by atoms with E-state index in [0.29, 0.717) is 0 Å². The maximum Gasteiger partial charge on any atom is 0.0405 e. The highest BCUT2D eigenvalue weighted by atomic mass is 15.0. The largest absolute Gasteiger partial charge is 0.384 e. The molecule has 3 rings (SSSR count). The van der Waals surface area contributed by atoms with Crippen LogP contribution in [0.5, 0.6) is 0 Å². The van der Waals surface area contributed by atoms with Gasteiger partial charge >= 0.3 is 0 Å². The van der Waals surface area contributed by atoms with Crippen LogP contribution in [0.3, 0.4) is 0 Å². The van der Waals surface area contributed by atoms with Gasteiger partial charge in [0.2, 0.25) is 0 Å². The predicted molar refractivity (Wildman–Crippen MR) is 93.9 cm³/mol. The van der Waals surface area contributed by atoms with Crippen molar-refractivity contribution < 1.29 is 0 Å². The smallest absolute Gasteiger partial charge is 0.0405 e. The number of rotatable bonds is 3. The third-order valence-electron chi connectivity index (χ3n) is 4.32. The monoisotopic (exact) mass is 291 g/mol. The second-order valence-electron chi connectivity index (χ2n) is 7.25. The molecule has 1 aliphatic rings. The highest BCUT2D eigenvalue weighted by Crippen LogP contribution is 2.44. The van der Waals surface area contributed by atoms with Gasteiger partial charge < -0.3 is 5.32 Å². The van der Waals surface area contributed by atoms with E-state index in [1.165, 1.54) is 16.8 Å². The van der Waals surface area contributed by atoms with E-state index in [0.717, 1.165) is 12.8 Å². The molecular weight excluding hydrogens is 266 g/mol. The van der Waals surface area contributed by atoms with Gasteiger partial charge in [0.05, 0.1) is 0 Å². The molecule has 0 saturated carbocycles. The molecule has 0 radical (unpaired) electrons. The summed E-state index contributed by atoms with van der Waals surface area (Å²) in [6, 6.07) is 21.8. The van der Waals surface area contributed by atoms with Crippen molar-refractivity contribution in [2.45, 2.75) is 44.6 Å². The van der Waals surface area contributed by atoms with Crippen molar-refractivity contribution in [2.24, 2.45) is 0 Å². The second-order valence-corrected chi connectivity index (χ2v) is 7.25. The van der Waals surface area contributed by atoms with Crippen LogP contribution in [-0.4, -0.2) is 5.54 Å². The summed E-state index contributed by atoms with van der Waals surface area (Å²) in [5.74, 6) is 0. The van der Waals surface area contributed by atoms with Gasteiger partial charge in [0.1, 0.15) is 0 Å². The van der Waals surface area contributed by atoms with Crippen LogP contribution in [0.1, 0.15) is 44.7 Å². The van der Waals surface area contributed by atoms with E-state index < -0.39 is 0 Å².